The highest BCUT2D eigenvalue weighted by Gasteiger charge is 2.52. The summed E-state index contributed by atoms with van der Waals surface area (Å²) in [6.45, 7) is 2.99. The van der Waals surface area contributed by atoms with Crippen LogP contribution in [-0.4, -0.2) is 57.0 Å². The summed E-state index contributed by atoms with van der Waals surface area (Å²) in [7, 11) is -1.51. The lowest BCUT2D eigenvalue weighted by Gasteiger charge is -2.37. The Morgan fingerprint density at radius 3 is 2.50 bits per heavy atom. The summed E-state index contributed by atoms with van der Waals surface area (Å²) >= 11 is 0. The molecule has 30 heavy (non-hydrogen) atoms. The van der Waals surface area contributed by atoms with Crippen LogP contribution in [0.2, 0.25) is 0 Å². The lowest BCUT2D eigenvalue weighted by atomic mass is 9.74. The maximum Gasteiger partial charge on any atom is 0.251 e. The SMILES string of the molecule is CCS(=O)(=O)N1CCC2(CC1)C(=O)N(C)c1ccc(C(=O)NCC3CCCC3)cc12. The van der Waals surface area contributed by atoms with Crippen LogP contribution in [0.15, 0.2) is 18.2 Å². The lowest BCUT2D eigenvalue weighted by Crippen LogP contribution is -2.49. The smallest absolute Gasteiger partial charge is 0.251 e. The number of nitrogens with one attached hydrogen (secondary N) is 1. The number of piperidine rings is 1. The number of likely N-dealkylation sites (N-methyl/N-ethyl adjacent to an activating group) is 1. The Kier molecular flexibility index (Phi) is 5.66. The van der Waals surface area contributed by atoms with Crippen LogP contribution in [0.4, 0.5) is 5.69 Å². The van der Waals surface area contributed by atoms with Gasteiger partial charge < -0.3 is 10.2 Å². The Morgan fingerprint density at radius 2 is 1.87 bits per heavy atom. The van der Waals surface area contributed by atoms with Crippen molar-refractivity contribution in [3.63, 3.8) is 0 Å². The molecule has 2 heterocycles. The third-order valence-electron chi connectivity index (χ3n) is 7.21. The summed E-state index contributed by atoms with van der Waals surface area (Å²) in [6.07, 6.45) is 5.70. The molecule has 4 rings (SSSR count). The number of hydrogen-bond acceptors (Lipinski definition) is 4. The molecule has 2 fully saturated rings. The topological polar surface area (TPSA) is 86.8 Å². The molecule has 0 aromatic heterocycles. The van der Waals surface area contributed by atoms with E-state index in [0.29, 0.717) is 44.0 Å². The fourth-order valence-electron chi connectivity index (χ4n) is 5.26. The first kappa shape index (κ1) is 21.3. The molecular weight excluding hydrogens is 402 g/mol. The van der Waals surface area contributed by atoms with Crippen LogP contribution in [0.25, 0.3) is 0 Å². The van der Waals surface area contributed by atoms with E-state index in [1.54, 1.807) is 24.9 Å². The summed E-state index contributed by atoms with van der Waals surface area (Å²) < 4.78 is 26.0. The molecule has 1 N–H and O–H groups in total. The van der Waals surface area contributed by atoms with Gasteiger partial charge in [-0.2, -0.15) is 0 Å². The number of amides is 2. The van der Waals surface area contributed by atoms with Gasteiger partial charge in [0.2, 0.25) is 15.9 Å². The second-order valence-corrected chi connectivity index (χ2v) is 11.1. The van der Waals surface area contributed by atoms with E-state index in [1.165, 1.54) is 30.0 Å². The van der Waals surface area contributed by atoms with Gasteiger partial charge in [0.1, 0.15) is 0 Å². The molecule has 3 aliphatic rings. The van der Waals surface area contributed by atoms with E-state index >= 15 is 0 Å². The Morgan fingerprint density at radius 1 is 1.20 bits per heavy atom. The lowest BCUT2D eigenvalue weighted by molar-refractivity contribution is -0.124. The number of hydrogen-bond donors (Lipinski definition) is 1. The Balaban J connectivity index is 1.56. The highest BCUT2D eigenvalue weighted by molar-refractivity contribution is 7.89. The number of sulfonamides is 1. The van der Waals surface area contributed by atoms with Crippen molar-refractivity contribution in [1.82, 2.24) is 9.62 Å². The van der Waals surface area contributed by atoms with Gasteiger partial charge in [-0.25, -0.2) is 12.7 Å². The van der Waals surface area contributed by atoms with Crippen molar-refractivity contribution in [1.29, 1.82) is 0 Å². The van der Waals surface area contributed by atoms with Crippen molar-refractivity contribution in [2.24, 2.45) is 5.92 Å². The normalized spacial score (nSPS) is 21.9. The molecule has 2 amide bonds. The first-order valence-corrected chi connectivity index (χ1v) is 12.6. The fourth-order valence-corrected chi connectivity index (χ4v) is 6.37. The van der Waals surface area contributed by atoms with Crippen molar-refractivity contribution >= 4 is 27.5 Å². The van der Waals surface area contributed by atoms with E-state index in [9.17, 15) is 18.0 Å². The minimum Gasteiger partial charge on any atom is -0.352 e. The van der Waals surface area contributed by atoms with Crippen molar-refractivity contribution in [2.75, 3.05) is 37.3 Å². The first-order chi connectivity index (χ1) is 14.3. The Labute approximate surface area is 178 Å². The van der Waals surface area contributed by atoms with E-state index in [0.717, 1.165) is 11.3 Å². The second kappa shape index (κ2) is 7.96. The fraction of sp³-hybridized carbons (Fsp3) is 0.636. The van der Waals surface area contributed by atoms with Gasteiger partial charge in [0.25, 0.3) is 5.91 Å². The zero-order valence-corrected chi connectivity index (χ0v) is 18.6. The van der Waals surface area contributed by atoms with Crippen molar-refractivity contribution in [3.8, 4) is 0 Å². The molecule has 0 atom stereocenters. The van der Waals surface area contributed by atoms with Crippen LogP contribution in [0, 0.1) is 5.92 Å². The average Bonchev–Trinajstić information content (AvgIpc) is 3.35. The van der Waals surface area contributed by atoms with Crippen LogP contribution in [0.1, 0.15) is 61.4 Å². The molecule has 164 valence electrons. The molecule has 0 unspecified atom stereocenters. The summed E-state index contributed by atoms with van der Waals surface area (Å²) in [5.74, 6) is 0.519. The molecule has 0 radical (unpaired) electrons. The third kappa shape index (κ3) is 3.54. The summed E-state index contributed by atoms with van der Waals surface area (Å²) in [4.78, 5) is 27.6. The zero-order valence-electron chi connectivity index (χ0n) is 17.8. The van der Waals surface area contributed by atoms with E-state index in [2.05, 4.69) is 5.32 Å². The largest absolute Gasteiger partial charge is 0.352 e. The molecule has 7 nitrogen and oxygen atoms in total. The zero-order chi connectivity index (χ0) is 21.5. The molecule has 0 bridgehead atoms. The summed E-state index contributed by atoms with van der Waals surface area (Å²) in [6, 6.07) is 5.48. The van der Waals surface area contributed by atoms with Gasteiger partial charge in [0.15, 0.2) is 0 Å². The molecular formula is C22H31N3O4S. The van der Waals surface area contributed by atoms with E-state index < -0.39 is 15.4 Å². The molecule has 1 aromatic rings. The molecule has 1 saturated heterocycles. The average molecular weight is 434 g/mol. The standard InChI is InChI=1S/C22H31N3O4S/c1-3-30(28,29)25-12-10-22(11-13-25)18-14-17(8-9-19(18)24(2)21(22)27)20(26)23-15-16-6-4-5-7-16/h8-9,14,16H,3-7,10-13,15H2,1-2H3,(H,23,26). The minimum atomic E-state index is -3.27. The van der Waals surface area contributed by atoms with Crippen LogP contribution in [0.5, 0.6) is 0 Å². The quantitative estimate of drug-likeness (QED) is 0.772. The van der Waals surface area contributed by atoms with Crippen molar-refractivity contribution < 1.29 is 18.0 Å². The summed E-state index contributed by atoms with van der Waals surface area (Å²) in [5.41, 5.74) is 1.50. The van der Waals surface area contributed by atoms with Gasteiger partial charge in [0, 0.05) is 37.9 Å². The van der Waals surface area contributed by atoms with Gasteiger partial charge in [-0.05, 0) is 62.3 Å². The van der Waals surface area contributed by atoms with Gasteiger partial charge in [-0.3, -0.25) is 9.59 Å². The van der Waals surface area contributed by atoms with Gasteiger partial charge >= 0.3 is 0 Å². The Hall–Kier alpha value is -1.93. The number of rotatable bonds is 5. The predicted octanol–water partition coefficient (Wildman–Crippen LogP) is 2.27. The van der Waals surface area contributed by atoms with E-state index in [4.69, 9.17) is 0 Å². The highest BCUT2D eigenvalue weighted by atomic mass is 32.2. The van der Waals surface area contributed by atoms with Crippen LogP contribution in [-0.2, 0) is 20.2 Å². The number of carbonyl (C=O) groups is 2. The van der Waals surface area contributed by atoms with Gasteiger partial charge in [0.05, 0.1) is 11.2 Å². The number of anilines is 1. The first-order valence-electron chi connectivity index (χ1n) is 11.0. The number of fused-ring (bicyclic) bond motifs is 2. The molecule has 1 saturated carbocycles. The van der Waals surface area contributed by atoms with Crippen LogP contribution < -0.4 is 10.2 Å². The number of carbonyl (C=O) groups excluding carboxylic acids is 2. The highest BCUT2D eigenvalue weighted by Crippen LogP contribution is 2.48. The van der Waals surface area contributed by atoms with Crippen LogP contribution >= 0.6 is 0 Å². The monoisotopic (exact) mass is 433 g/mol. The number of benzene rings is 1. The third-order valence-corrected chi connectivity index (χ3v) is 9.09. The van der Waals surface area contributed by atoms with Crippen LogP contribution in [0.3, 0.4) is 0 Å². The predicted molar refractivity (Wildman–Crippen MR) is 116 cm³/mol. The van der Waals surface area contributed by atoms with Gasteiger partial charge in [-0.15, -0.1) is 0 Å². The molecule has 2 aliphatic heterocycles. The Bertz CT molecular complexity index is 945. The second-order valence-electron chi connectivity index (χ2n) is 8.84. The van der Waals surface area contributed by atoms with Gasteiger partial charge in [-0.1, -0.05) is 12.8 Å². The minimum absolute atomic E-state index is 0.00504. The molecule has 8 heteroatoms. The maximum absolute atomic E-state index is 13.2. The molecule has 1 spiro atoms. The number of nitrogens with zero attached hydrogens (tertiary/aromatic N) is 2. The summed E-state index contributed by atoms with van der Waals surface area (Å²) in [5, 5.41) is 3.06. The molecule has 1 aliphatic carbocycles. The molecule has 1 aromatic carbocycles. The van der Waals surface area contributed by atoms with Crippen molar-refractivity contribution in [2.45, 2.75) is 50.9 Å². The van der Waals surface area contributed by atoms with E-state index in [1.807, 2.05) is 12.1 Å². The maximum atomic E-state index is 13.2. The van der Waals surface area contributed by atoms with Crippen molar-refractivity contribution in [3.05, 3.63) is 29.3 Å². The van der Waals surface area contributed by atoms with E-state index in [-0.39, 0.29) is 17.6 Å².